The Balaban J connectivity index is 1.45. The number of nitrogens with one attached hydrogen (secondary N) is 1. The highest BCUT2D eigenvalue weighted by atomic mass is 16.7. The smallest absolute Gasteiger partial charge is 0.231 e. The molecule has 104 valence electrons. The van der Waals surface area contributed by atoms with E-state index in [1.165, 1.54) is 31.5 Å². The summed E-state index contributed by atoms with van der Waals surface area (Å²) in [6.07, 6.45) is 2.62. The first-order valence-electron chi connectivity index (χ1n) is 7.09. The van der Waals surface area contributed by atoms with Gasteiger partial charge in [0.2, 0.25) is 6.79 Å². The second-order valence-corrected chi connectivity index (χ2v) is 5.57. The van der Waals surface area contributed by atoms with Crippen LogP contribution < -0.4 is 14.8 Å². The van der Waals surface area contributed by atoms with E-state index < -0.39 is 0 Å². The molecule has 0 atom stereocenters. The summed E-state index contributed by atoms with van der Waals surface area (Å²) in [7, 11) is 2.20. The van der Waals surface area contributed by atoms with E-state index in [-0.39, 0.29) is 0 Å². The van der Waals surface area contributed by atoms with Gasteiger partial charge in [-0.25, -0.2) is 0 Å². The van der Waals surface area contributed by atoms with E-state index in [0.29, 0.717) is 6.79 Å². The standard InChI is InChI=1S/C15H22N2O2/c1-17-6-4-12(5-7-17)9-16-10-13-2-3-14-15(8-13)19-11-18-14/h2-3,8,12,16H,4-7,9-11H2,1H3. The summed E-state index contributed by atoms with van der Waals surface area (Å²) in [6.45, 7) is 4.83. The monoisotopic (exact) mass is 262 g/mol. The molecule has 0 aliphatic carbocycles. The quantitative estimate of drug-likeness (QED) is 0.898. The van der Waals surface area contributed by atoms with Crippen LogP contribution in [0, 0.1) is 5.92 Å². The molecule has 0 aromatic heterocycles. The van der Waals surface area contributed by atoms with Crippen molar-refractivity contribution in [2.24, 2.45) is 5.92 Å². The van der Waals surface area contributed by atoms with E-state index >= 15 is 0 Å². The second kappa shape index (κ2) is 5.80. The minimum atomic E-state index is 0.349. The van der Waals surface area contributed by atoms with E-state index in [1.807, 2.05) is 6.07 Å². The van der Waals surface area contributed by atoms with Gasteiger partial charge >= 0.3 is 0 Å². The molecule has 19 heavy (non-hydrogen) atoms. The molecule has 0 saturated carbocycles. The highest BCUT2D eigenvalue weighted by Gasteiger charge is 2.16. The predicted molar refractivity (Wildman–Crippen MR) is 74.5 cm³/mol. The number of benzene rings is 1. The van der Waals surface area contributed by atoms with Crippen molar-refractivity contribution in [3.63, 3.8) is 0 Å². The molecule has 0 unspecified atom stereocenters. The maximum atomic E-state index is 5.39. The zero-order valence-electron chi connectivity index (χ0n) is 11.5. The van der Waals surface area contributed by atoms with Gasteiger partial charge in [0.25, 0.3) is 0 Å². The number of nitrogens with zero attached hydrogens (tertiary/aromatic N) is 1. The Labute approximate surface area is 114 Å². The van der Waals surface area contributed by atoms with E-state index in [4.69, 9.17) is 9.47 Å². The normalized spacial score (nSPS) is 19.8. The van der Waals surface area contributed by atoms with Gasteiger partial charge in [-0.2, -0.15) is 0 Å². The summed E-state index contributed by atoms with van der Waals surface area (Å²) in [5, 5.41) is 3.56. The Hall–Kier alpha value is -1.26. The van der Waals surface area contributed by atoms with Crippen molar-refractivity contribution >= 4 is 0 Å². The number of likely N-dealkylation sites (tertiary alicyclic amines) is 1. The first-order valence-corrected chi connectivity index (χ1v) is 7.09. The van der Waals surface area contributed by atoms with Crippen molar-refractivity contribution in [1.82, 2.24) is 10.2 Å². The van der Waals surface area contributed by atoms with Gasteiger partial charge in [-0.1, -0.05) is 6.07 Å². The van der Waals surface area contributed by atoms with Gasteiger partial charge in [-0.05, 0) is 63.1 Å². The third kappa shape index (κ3) is 3.19. The van der Waals surface area contributed by atoms with Crippen molar-refractivity contribution in [3.05, 3.63) is 23.8 Å². The Morgan fingerprint density at radius 2 is 2.00 bits per heavy atom. The molecule has 0 spiro atoms. The number of ether oxygens (including phenoxy) is 2. The molecule has 3 rings (SSSR count). The van der Waals surface area contributed by atoms with Crippen LogP contribution in [0.25, 0.3) is 0 Å². The number of rotatable bonds is 4. The van der Waals surface area contributed by atoms with E-state index in [2.05, 4.69) is 29.4 Å². The van der Waals surface area contributed by atoms with E-state index in [1.54, 1.807) is 0 Å². The summed E-state index contributed by atoms with van der Waals surface area (Å²) in [4.78, 5) is 2.41. The van der Waals surface area contributed by atoms with Crippen LogP contribution in [0.15, 0.2) is 18.2 Å². The van der Waals surface area contributed by atoms with Crippen molar-refractivity contribution in [1.29, 1.82) is 0 Å². The van der Waals surface area contributed by atoms with Crippen LogP contribution in [0.3, 0.4) is 0 Å². The minimum absolute atomic E-state index is 0.349. The van der Waals surface area contributed by atoms with Crippen LogP contribution in [-0.2, 0) is 6.54 Å². The van der Waals surface area contributed by atoms with Gasteiger partial charge in [0.15, 0.2) is 11.5 Å². The average Bonchev–Trinajstić information content (AvgIpc) is 2.88. The lowest BCUT2D eigenvalue weighted by Gasteiger charge is -2.29. The molecule has 2 aliphatic heterocycles. The van der Waals surface area contributed by atoms with Gasteiger partial charge in [-0.3, -0.25) is 0 Å². The van der Waals surface area contributed by atoms with Gasteiger partial charge in [0.1, 0.15) is 0 Å². The number of hydrogen-bond donors (Lipinski definition) is 1. The molecular formula is C15H22N2O2. The third-order valence-electron chi connectivity index (χ3n) is 4.04. The van der Waals surface area contributed by atoms with Gasteiger partial charge < -0.3 is 19.7 Å². The van der Waals surface area contributed by atoms with Crippen molar-refractivity contribution in [2.45, 2.75) is 19.4 Å². The fourth-order valence-electron chi connectivity index (χ4n) is 2.74. The zero-order chi connectivity index (χ0) is 13.1. The lowest BCUT2D eigenvalue weighted by Crippen LogP contribution is -2.34. The molecule has 0 radical (unpaired) electrons. The predicted octanol–water partition coefficient (Wildman–Crippen LogP) is 1.85. The van der Waals surface area contributed by atoms with Gasteiger partial charge in [-0.15, -0.1) is 0 Å². The molecule has 1 saturated heterocycles. The van der Waals surface area contributed by atoms with Crippen LogP contribution >= 0.6 is 0 Å². The average molecular weight is 262 g/mol. The summed E-state index contributed by atoms with van der Waals surface area (Å²) >= 11 is 0. The maximum Gasteiger partial charge on any atom is 0.231 e. The molecule has 1 N–H and O–H groups in total. The van der Waals surface area contributed by atoms with E-state index in [9.17, 15) is 0 Å². The molecular weight excluding hydrogens is 240 g/mol. The van der Waals surface area contributed by atoms with Gasteiger partial charge in [0.05, 0.1) is 0 Å². The van der Waals surface area contributed by atoms with E-state index in [0.717, 1.165) is 30.5 Å². The first-order chi connectivity index (χ1) is 9.31. The molecule has 0 bridgehead atoms. The molecule has 4 heteroatoms. The number of piperidine rings is 1. The summed E-state index contributed by atoms with van der Waals surface area (Å²) in [5.74, 6) is 2.56. The topological polar surface area (TPSA) is 33.7 Å². The largest absolute Gasteiger partial charge is 0.454 e. The van der Waals surface area contributed by atoms with Gasteiger partial charge in [0, 0.05) is 6.54 Å². The Kier molecular flexibility index (Phi) is 3.89. The molecule has 2 aliphatic rings. The third-order valence-corrected chi connectivity index (χ3v) is 4.04. The fraction of sp³-hybridized carbons (Fsp3) is 0.600. The Morgan fingerprint density at radius 1 is 1.21 bits per heavy atom. The highest BCUT2D eigenvalue weighted by molar-refractivity contribution is 5.44. The van der Waals surface area contributed by atoms with Crippen molar-refractivity contribution in [3.8, 4) is 11.5 Å². The molecule has 4 nitrogen and oxygen atoms in total. The van der Waals surface area contributed by atoms with Crippen LogP contribution in [0.1, 0.15) is 18.4 Å². The molecule has 1 aromatic rings. The fourth-order valence-corrected chi connectivity index (χ4v) is 2.74. The summed E-state index contributed by atoms with van der Waals surface area (Å²) in [5.41, 5.74) is 1.26. The highest BCUT2D eigenvalue weighted by Crippen LogP contribution is 2.32. The van der Waals surface area contributed by atoms with Crippen molar-refractivity contribution in [2.75, 3.05) is 33.5 Å². The second-order valence-electron chi connectivity index (χ2n) is 5.57. The molecule has 1 fully saturated rings. The van der Waals surface area contributed by atoms with Crippen LogP contribution in [0.2, 0.25) is 0 Å². The number of hydrogen-bond acceptors (Lipinski definition) is 4. The Morgan fingerprint density at radius 3 is 2.84 bits per heavy atom. The molecule has 0 amide bonds. The lowest BCUT2D eigenvalue weighted by molar-refractivity contribution is 0.174. The molecule has 1 aromatic carbocycles. The summed E-state index contributed by atoms with van der Waals surface area (Å²) < 4.78 is 10.7. The van der Waals surface area contributed by atoms with Crippen LogP contribution in [-0.4, -0.2) is 38.4 Å². The maximum absolute atomic E-state index is 5.39. The van der Waals surface area contributed by atoms with Crippen LogP contribution in [0.4, 0.5) is 0 Å². The summed E-state index contributed by atoms with van der Waals surface area (Å²) in [6, 6.07) is 6.17. The SMILES string of the molecule is CN1CCC(CNCc2ccc3c(c2)OCO3)CC1. The molecule has 2 heterocycles. The van der Waals surface area contributed by atoms with Crippen molar-refractivity contribution < 1.29 is 9.47 Å². The van der Waals surface area contributed by atoms with Crippen LogP contribution in [0.5, 0.6) is 11.5 Å². The lowest BCUT2D eigenvalue weighted by atomic mass is 9.97. The Bertz CT molecular complexity index is 428. The minimum Gasteiger partial charge on any atom is -0.454 e. The zero-order valence-corrected chi connectivity index (χ0v) is 11.5. The first kappa shape index (κ1) is 12.8. The number of fused-ring (bicyclic) bond motifs is 1.